The summed E-state index contributed by atoms with van der Waals surface area (Å²) in [4.78, 5) is 12.3. The van der Waals surface area contributed by atoms with E-state index in [1.165, 1.54) is 43.4 Å². The molecule has 1 aliphatic rings. The van der Waals surface area contributed by atoms with Gasteiger partial charge in [-0.15, -0.1) is 0 Å². The largest absolute Gasteiger partial charge is 0.398 e. The van der Waals surface area contributed by atoms with Gasteiger partial charge in [-0.05, 0) is 75.9 Å². The average molecular weight is 490 g/mol. The highest BCUT2D eigenvalue weighted by Crippen LogP contribution is 2.41. The van der Waals surface area contributed by atoms with Crippen LogP contribution in [0.2, 0.25) is 0 Å². The molecule has 5 aromatic rings. The Morgan fingerprint density at radius 3 is 2.43 bits per heavy atom. The molecule has 0 bridgehead atoms. The number of benzene rings is 2. The van der Waals surface area contributed by atoms with E-state index in [1.807, 2.05) is 18.3 Å². The Labute approximate surface area is 219 Å². The molecule has 0 unspecified atom stereocenters. The van der Waals surface area contributed by atoms with Gasteiger partial charge in [0.15, 0.2) is 0 Å². The minimum atomic E-state index is 0.451. The van der Waals surface area contributed by atoms with Crippen LogP contribution >= 0.6 is 0 Å². The summed E-state index contributed by atoms with van der Waals surface area (Å²) in [6.07, 6.45) is 9.01. The van der Waals surface area contributed by atoms with Crippen LogP contribution in [0.15, 0.2) is 73.1 Å². The zero-order valence-electron chi connectivity index (χ0n) is 22.0. The van der Waals surface area contributed by atoms with Gasteiger partial charge in [0, 0.05) is 52.6 Å². The Hall–Kier alpha value is -3.70. The molecule has 0 spiro atoms. The van der Waals surface area contributed by atoms with Crippen molar-refractivity contribution >= 4 is 27.6 Å². The summed E-state index contributed by atoms with van der Waals surface area (Å²) in [7, 11) is 4.35. The summed E-state index contributed by atoms with van der Waals surface area (Å²) in [6, 6.07) is 21.4. The van der Waals surface area contributed by atoms with E-state index in [1.54, 1.807) is 0 Å². The van der Waals surface area contributed by atoms with Crippen LogP contribution in [0.4, 0.5) is 5.69 Å². The van der Waals surface area contributed by atoms with Crippen LogP contribution in [-0.4, -0.2) is 40.1 Å². The molecule has 0 amide bonds. The molecule has 1 aliphatic carbocycles. The van der Waals surface area contributed by atoms with Gasteiger partial charge < -0.3 is 15.2 Å². The molecule has 5 nitrogen and oxygen atoms in total. The molecule has 6 rings (SSSR count). The second kappa shape index (κ2) is 9.64. The third-order valence-corrected chi connectivity index (χ3v) is 8.05. The number of aryl methyl sites for hydroxylation is 1. The maximum atomic E-state index is 6.60. The van der Waals surface area contributed by atoms with Gasteiger partial charge >= 0.3 is 0 Å². The lowest BCUT2D eigenvalue weighted by Gasteiger charge is -2.31. The summed E-state index contributed by atoms with van der Waals surface area (Å²) in [6.45, 7) is 3.35. The van der Waals surface area contributed by atoms with Crippen molar-refractivity contribution in [1.29, 1.82) is 0 Å². The third-order valence-electron chi connectivity index (χ3n) is 8.05. The number of rotatable bonds is 5. The number of nitrogen functional groups attached to an aromatic ring is 1. The van der Waals surface area contributed by atoms with E-state index in [9.17, 15) is 0 Å². The average Bonchev–Trinajstić information content (AvgIpc) is 3.30. The number of pyridine rings is 2. The number of nitrogens with two attached hydrogens (primary N) is 1. The maximum Gasteiger partial charge on any atom is 0.142 e. The van der Waals surface area contributed by atoms with Crippen LogP contribution < -0.4 is 5.73 Å². The quantitative estimate of drug-likeness (QED) is 0.286. The molecule has 2 N–H and O–H groups in total. The first-order valence-electron chi connectivity index (χ1n) is 13.4. The number of fused-ring (bicyclic) bond motifs is 2. The molecule has 37 heavy (non-hydrogen) atoms. The molecule has 0 atom stereocenters. The Bertz CT molecular complexity index is 1560. The van der Waals surface area contributed by atoms with Gasteiger partial charge in [-0.25, -0.2) is 9.97 Å². The molecule has 188 valence electrons. The highest BCUT2D eigenvalue weighted by molar-refractivity contribution is 6.04. The summed E-state index contributed by atoms with van der Waals surface area (Å²) < 4.78 is 2.41. The Kier molecular flexibility index (Phi) is 6.17. The molecule has 3 aromatic heterocycles. The minimum absolute atomic E-state index is 0.451. The summed E-state index contributed by atoms with van der Waals surface area (Å²) in [5.74, 6) is 0.776. The van der Waals surface area contributed by atoms with Crippen LogP contribution in [0.1, 0.15) is 37.3 Å². The van der Waals surface area contributed by atoms with Gasteiger partial charge in [-0.3, -0.25) is 0 Å². The van der Waals surface area contributed by atoms with Gasteiger partial charge in [0.25, 0.3) is 0 Å². The van der Waals surface area contributed by atoms with Crippen molar-refractivity contribution < 1.29 is 0 Å². The minimum Gasteiger partial charge on any atom is -0.398 e. The Morgan fingerprint density at radius 2 is 1.68 bits per heavy atom. The number of nitrogens with zero attached hydrogens (tertiary/aromatic N) is 4. The summed E-state index contributed by atoms with van der Waals surface area (Å²) in [5.41, 5.74) is 15.0. The molecular formula is C32H35N5. The predicted octanol–water partition coefficient (Wildman–Crippen LogP) is 7.10. The topological polar surface area (TPSA) is 60.0 Å². The first-order chi connectivity index (χ1) is 18.0. The molecule has 0 radical (unpaired) electrons. The molecule has 5 heteroatoms. The van der Waals surface area contributed by atoms with Crippen LogP contribution in [0, 0.1) is 12.8 Å². The lowest BCUT2D eigenvalue weighted by atomic mass is 9.85. The molecule has 2 aromatic carbocycles. The van der Waals surface area contributed by atoms with Gasteiger partial charge in [0.2, 0.25) is 0 Å². The van der Waals surface area contributed by atoms with Crippen molar-refractivity contribution in [2.24, 2.45) is 5.92 Å². The summed E-state index contributed by atoms with van der Waals surface area (Å²) >= 11 is 0. The second-order valence-corrected chi connectivity index (χ2v) is 10.9. The van der Waals surface area contributed by atoms with E-state index in [2.05, 4.69) is 85.2 Å². The summed E-state index contributed by atoms with van der Waals surface area (Å²) in [5, 5.41) is 2.20. The fourth-order valence-corrected chi connectivity index (χ4v) is 6.20. The van der Waals surface area contributed by atoms with Crippen molar-refractivity contribution in [3.05, 3.63) is 78.6 Å². The number of hydrogen-bond acceptors (Lipinski definition) is 4. The lowest BCUT2D eigenvalue weighted by molar-refractivity contribution is 0.226. The first-order valence-corrected chi connectivity index (χ1v) is 13.4. The van der Waals surface area contributed by atoms with Crippen LogP contribution in [-0.2, 0) is 0 Å². The van der Waals surface area contributed by atoms with Gasteiger partial charge in [-0.1, -0.05) is 48.5 Å². The zero-order chi connectivity index (χ0) is 25.5. The van der Waals surface area contributed by atoms with Gasteiger partial charge in [0.05, 0.1) is 11.2 Å². The molecular weight excluding hydrogens is 454 g/mol. The normalized spacial score (nSPS) is 18.2. The molecule has 3 heterocycles. The highest BCUT2D eigenvalue weighted by atomic mass is 15.1. The van der Waals surface area contributed by atoms with E-state index in [-0.39, 0.29) is 0 Å². The van der Waals surface area contributed by atoms with Crippen molar-refractivity contribution in [2.45, 2.75) is 38.6 Å². The van der Waals surface area contributed by atoms with Crippen LogP contribution in [0.3, 0.4) is 0 Å². The van der Waals surface area contributed by atoms with Crippen molar-refractivity contribution in [1.82, 2.24) is 19.4 Å². The monoisotopic (exact) mass is 489 g/mol. The van der Waals surface area contributed by atoms with Crippen molar-refractivity contribution in [3.63, 3.8) is 0 Å². The number of hydrogen-bond donors (Lipinski definition) is 1. The second-order valence-electron chi connectivity index (χ2n) is 10.9. The van der Waals surface area contributed by atoms with Crippen LogP contribution in [0.25, 0.3) is 44.3 Å². The standard InChI is InChI=1S/C32H35N5/c1-21-26(15-11-24-12-16-29(35-31(21)24)23-7-5-4-6-8-23)27-20-37(32-30(27)28(33)17-18-34-32)25-13-9-22(10-14-25)19-36(2)3/h4-8,11-12,15-18,20,22,25H,9-10,13-14,19H2,1-3H3,(H2,33,34). The van der Waals surface area contributed by atoms with E-state index < -0.39 is 0 Å². The molecule has 1 fully saturated rings. The van der Waals surface area contributed by atoms with Crippen molar-refractivity contribution in [3.8, 4) is 22.4 Å². The fraction of sp³-hybridized carbons (Fsp3) is 0.312. The Balaban J connectivity index is 1.44. The van der Waals surface area contributed by atoms with Crippen molar-refractivity contribution in [2.75, 3.05) is 26.4 Å². The molecule has 0 saturated heterocycles. The van der Waals surface area contributed by atoms with E-state index in [0.29, 0.717) is 6.04 Å². The maximum absolute atomic E-state index is 6.60. The number of anilines is 1. The van der Waals surface area contributed by atoms with Gasteiger partial charge in [0.1, 0.15) is 5.65 Å². The third kappa shape index (κ3) is 4.38. The highest BCUT2D eigenvalue weighted by Gasteiger charge is 2.26. The van der Waals surface area contributed by atoms with E-state index in [4.69, 9.17) is 15.7 Å². The zero-order valence-corrected chi connectivity index (χ0v) is 22.0. The van der Waals surface area contributed by atoms with E-state index in [0.717, 1.165) is 50.4 Å². The predicted molar refractivity (Wildman–Crippen MR) is 155 cm³/mol. The van der Waals surface area contributed by atoms with Gasteiger partial charge in [-0.2, -0.15) is 0 Å². The fourth-order valence-electron chi connectivity index (χ4n) is 6.20. The molecule has 0 aliphatic heterocycles. The Morgan fingerprint density at radius 1 is 0.919 bits per heavy atom. The molecule has 1 saturated carbocycles. The van der Waals surface area contributed by atoms with E-state index >= 15 is 0 Å². The SMILES string of the molecule is Cc1c(-c2cn(C3CCC(CN(C)C)CC3)c3nccc(N)c23)ccc2ccc(-c3ccccc3)nc12. The number of aromatic nitrogens is 3. The van der Waals surface area contributed by atoms with Crippen LogP contribution in [0.5, 0.6) is 0 Å². The first kappa shape index (κ1) is 23.7. The lowest BCUT2D eigenvalue weighted by Crippen LogP contribution is -2.26. The smallest absolute Gasteiger partial charge is 0.142 e.